The minimum absolute atomic E-state index is 0.0415. The van der Waals surface area contributed by atoms with Gasteiger partial charge >= 0.3 is 0 Å². The molecule has 0 saturated carbocycles. The van der Waals surface area contributed by atoms with Crippen molar-refractivity contribution in [1.29, 1.82) is 0 Å². The summed E-state index contributed by atoms with van der Waals surface area (Å²) in [5, 5.41) is 2.15. The number of aryl methyl sites for hydroxylation is 1. The molecule has 2 aliphatic rings. The Morgan fingerprint density at radius 3 is 2.38 bits per heavy atom. The van der Waals surface area contributed by atoms with Crippen LogP contribution in [0.25, 0.3) is 0 Å². The smallest absolute Gasteiger partial charge is 0.296 e. The van der Waals surface area contributed by atoms with Gasteiger partial charge in [0.25, 0.3) is 21.9 Å². The quantitative estimate of drug-likeness (QED) is 0.337. The maximum Gasteiger partial charge on any atom is 0.296 e. The molecule has 2 heterocycles. The molecule has 1 N–H and O–H groups in total. The van der Waals surface area contributed by atoms with Gasteiger partial charge < -0.3 is 4.74 Å². The van der Waals surface area contributed by atoms with E-state index < -0.39 is 39.8 Å². The van der Waals surface area contributed by atoms with Crippen LogP contribution in [0.3, 0.4) is 0 Å². The molecular weight excluding hydrogens is 464 g/mol. The van der Waals surface area contributed by atoms with Crippen LogP contribution in [0.5, 0.6) is 5.75 Å². The number of ether oxygens (including phenoxy) is 1. The molecule has 0 aromatic heterocycles. The molecule has 0 bridgehead atoms. The summed E-state index contributed by atoms with van der Waals surface area (Å²) in [7, 11) is -3.87. The number of fused-ring (bicyclic) bond motifs is 1. The second kappa shape index (κ2) is 9.35. The zero-order valence-corrected chi connectivity index (χ0v) is 19.1. The molecule has 4 amide bonds. The minimum Gasteiger partial charge on any atom is -0.493 e. The molecular formula is C23H22N2O8S. The van der Waals surface area contributed by atoms with Gasteiger partial charge in [-0.15, -0.1) is 0 Å². The third-order valence-corrected chi connectivity index (χ3v) is 6.84. The van der Waals surface area contributed by atoms with Crippen molar-refractivity contribution in [3.05, 3.63) is 59.2 Å². The molecule has 4 rings (SSSR count). The Morgan fingerprint density at radius 1 is 0.971 bits per heavy atom. The van der Waals surface area contributed by atoms with Gasteiger partial charge in [0, 0.05) is 12.8 Å². The van der Waals surface area contributed by atoms with E-state index in [0.717, 1.165) is 10.5 Å². The first kappa shape index (κ1) is 23.6. The maximum atomic E-state index is 12.8. The first-order valence-corrected chi connectivity index (χ1v) is 12.0. The topological polar surface area (TPSA) is 136 Å². The van der Waals surface area contributed by atoms with Crippen LogP contribution in [-0.4, -0.2) is 56.2 Å². The number of nitrogens with one attached hydrogen (secondary N) is 1. The highest BCUT2D eigenvalue weighted by Gasteiger charge is 2.44. The van der Waals surface area contributed by atoms with E-state index in [0.29, 0.717) is 5.75 Å². The lowest BCUT2D eigenvalue weighted by atomic mass is 10.0. The first-order valence-electron chi connectivity index (χ1n) is 10.6. The number of amides is 4. The Morgan fingerprint density at radius 2 is 1.68 bits per heavy atom. The van der Waals surface area contributed by atoms with Crippen LogP contribution in [0, 0.1) is 6.92 Å². The lowest BCUT2D eigenvalue weighted by molar-refractivity contribution is -0.136. The molecule has 1 atom stereocenters. The summed E-state index contributed by atoms with van der Waals surface area (Å²) >= 11 is 0. The molecule has 1 unspecified atom stereocenters. The number of carbonyl (C=O) groups excluding carboxylic acids is 4. The van der Waals surface area contributed by atoms with Gasteiger partial charge in [-0.2, -0.15) is 8.42 Å². The summed E-state index contributed by atoms with van der Waals surface area (Å²) in [4.78, 5) is 50.0. The lowest BCUT2D eigenvalue weighted by Gasteiger charge is -2.27. The number of hydrogen-bond donors (Lipinski definition) is 1. The Kier molecular flexibility index (Phi) is 6.49. The molecule has 2 aromatic carbocycles. The van der Waals surface area contributed by atoms with E-state index in [4.69, 9.17) is 8.92 Å². The normalized spacial score (nSPS) is 18.1. The van der Waals surface area contributed by atoms with Gasteiger partial charge in [0.1, 0.15) is 11.8 Å². The fourth-order valence-electron chi connectivity index (χ4n) is 3.73. The van der Waals surface area contributed by atoms with E-state index in [-0.39, 0.29) is 48.5 Å². The lowest BCUT2D eigenvalue weighted by Crippen LogP contribution is -2.54. The number of benzene rings is 2. The summed E-state index contributed by atoms with van der Waals surface area (Å²) < 4.78 is 35.0. The number of imide groups is 2. The van der Waals surface area contributed by atoms with Gasteiger partial charge in [-0.25, -0.2) is 0 Å². The number of carbonyl (C=O) groups is 4. The second-order valence-electron chi connectivity index (χ2n) is 7.95. The molecule has 0 aliphatic carbocycles. The Hall–Kier alpha value is -3.57. The van der Waals surface area contributed by atoms with Crippen molar-refractivity contribution in [2.45, 2.75) is 37.1 Å². The highest BCUT2D eigenvalue weighted by Crippen LogP contribution is 2.30. The largest absolute Gasteiger partial charge is 0.493 e. The van der Waals surface area contributed by atoms with E-state index >= 15 is 0 Å². The van der Waals surface area contributed by atoms with E-state index in [1.54, 1.807) is 12.1 Å². The average Bonchev–Trinajstić information content (AvgIpc) is 3.04. The Bertz CT molecular complexity index is 1270. The summed E-state index contributed by atoms with van der Waals surface area (Å²) in [6.07, 6.45) is 0.377. The maximum absolute atomic E-state index is 12.8. The second-order valence-corrected chi connectivity index (χ2v) is 9.56. The van der Waals surface area contributed by atoms with E-state index in [1.165, 1.54) is 30.3 Å². The molecule has 34 heavy (non-hydrogen) atoms. The predicted molar refractivity (Wildman–Crippen MR) is 118 cm³/mol. The molecule has 0 radical (unpaired) electrons. The standard InChI is InChI=1S/C23H22N2O8S/c1-14-3-6-16(7-4-14)34(30,31)33-12-2-11-32-15-5-8-17-18(13-15)23(29)25(22(17)28)19-9-10-20(26)24-21(19)27/h3-8,13,19H,2,9-12H2,1H3,(H,24,26,27). The molecule has 1 fully saturated rings. The van der Waals surface area contributed by atoms with Gasteiger partial charge in [0.2, 0.25) is 11.8 Å². The third-order valence-electron chi connectivity index (χ3n) is 5.52. The summed E-state index contributed by atoms with van der Waals surface area (Å²) in [5.74, 6) is -2.04. The Balaban J connectivity index is 1.33. The SMILES string of the molecule is Cc1ccc(S(=O)(=O)OCCCOc2ccc3c(c2)C(=O)N(C2CCC(=O)NC2=O)C3=O)cc1. The highest BCUT2D eigenvalue weighted by molar-refractivity contribution is 7.86. The third kappa shape index (κ3) is 4.70. The average molecular weight is 487 g/mol. The van der Waals surface area contributed by atoms with Gasteiger partial charge in [0.05, 0.1) is 29.2 Å². The molecule has 178 valence electrons. The van der Waals surface area contributed by atoms with Crippen molar-refractivity contribution in [3.63, 3.8) is 0 Å². The van der Waals surface area contributed by atoms with Gasteiger partial charge in [-0.1, -0.05) is 17.7 Å². The van der Waals surface area contributed by atoms with Crippen molar-refractivity contribution >= 4 is 33.7 Å². The van der Waals surface area contributed by atoms with Crippen molar-refractivity contribution in [2.24, 2.45) is 0 Å². The van der Waals surface area contributed by atoms with Crippen LogP contribution in [0.1, 0.15) is 45.5 Å². The zero-order chi connectivity index (χ0) is 24.5. The molecule has 0 spiro atoms. The fraction of sp³-hybridized carbons (Fsp3) is 0.304. The summed E-state index contributed by atoms with van der Waals surface area (Å²) in [6, 6.07) is 9.63. The molecule has 2 aromatic rings. The molecule has 11 heteroatoms. The van der Waals surface area contributed by atoms with Crippen molar-refractivity contribution in [3.8, 4) is 5.75 Å². The summed E-state index contributed by atoms with van der Waals surface area (Å²) in [5.41, 5.74) is 1.18. The van der Waals surface area contributed by atoms with E-state index in [2.05, 4.69) is 5.32 Å². The van der Waals surface area contributed by atoms with Gasteiger partial charge in [-0.3, -0.25) is 33.6 Å². The Labute approximate surface area is 196 Å². The highest BCUT2D eigenvalue weighted by atomic mass is 32.2. The number of piperidine rings is 1. The van der Waals surface area contributed by atoms with Crippen LogP contribution < -0.4 is 10.1 Å². The van der Waals surface area contributed by atoms with Crippen LogP contribution in [0.4, 0.5) is 0 Å². The van der Waals surface area contributed by atoms with E-state index in [9.17, 15) is 27.6 Å². The van der Waals surface area contributed by atoms with Gasteiger partial charge in [0.15, 0.2) is 0 Å². The predicted octanol–water partition coefficient (Wildman–Crippen LogP) is 1.57. The number of hydrogen-bond acceptors (Lipinski definition) is 8. The van der Waals surface area contributed by atoms with Crippen molar-refractivity contribution in [1.82, 2.24) is 10.2 Å². The van der Waals surface area contributed by atoms with Gasteiger partial charge in [-0.05, 0) is 43.7 Å². The zero-order valence-electron chi connectivity index (χ0n) is 18.3. The van der Waals surface area contributed by atoms with E-state index in [1.807, 2.05) is 6.92 Å². The van der Waals surface area contributed by atoms with Crippen LogP contribution in [0.15, 0.2) is 47.4 Å². The number of nitrogens with zero attached hydrogens (tertiary/aromatic N) is 1. The molecule has 10 nitrogen and oxygen atoms in total. The van der Waals surface area contributed by atoms with Crippen molar-refractivity contribution < 1.29 is 36.5 Å². The van der Waals surface area contributed by atoms with Crippen LogP contribution >= 0.6 is 0 Å². The van der Waals surface area contributed by atoms with Crippen molar-refractivity contribution in [2.75, 3.05) is 13.2 Å². The summed E-state index contributed by atoms with van der Waals surface area (Å²) in [6.45, 7) is 1.87. The number of rotatable bonds is 8. The monoisotopic (exact) mass is 486 g/mol. The molecule has 2 aliphatic heterocycles. The fourth-order valence-corrected chi connectivity index (χ4v) is 4.67. The van der Waals surface area contributed by atoms with Crippen LogP contribution in [-0.2, 0) is 23.9 Å². The van der Waals surface area contributed by atoms with Crippen LogP contribution in [0.2, 0.25) is 0 Å². The molecule has 1 saturated heterocycles. The minimum atomic E-state index is -3.87. The first-order chi connectivity index (χ1) is 16.2.